The summed E-state index contributed by atoms with van der Waals surface area (Å²) in [5.41, 5.74) is 0.932. The molecule has 2 aromatic rings. The number of pyridine rings is 1. The van der Waals surface area contributed by atoms with E-state index in [1.54, 1.807) is 31.2 Å². The first-order valence-corrected chi connectivity index (χ1v) is 6.86. The Balaban J connectivity index is 2.12. The summed E-state index contributed by atoms with van der Waals surface area (Å²) in [6.07, 6.45) is 1.52. The smallest absolute Gasteiger partial charge is 0.387 e. The van der Waals surface area contributed by atoms with E-state index in [4.69, 9.17) is 4.74 Å². The maximum absolute atomic E-state index is 12.3. The van der Waals surface area contributed by atoms with E-state index in [9.17, 15) is 13.6 Å². The molecule has 0 aliphatic rings. The summed E-state index contributed by atoms with van der Waals surface area (Å²) in [7, 11) is 1.42. The molecule has 0 spiro atoms. The molecule has 1 aromatic heterocycles. The Hall–Kier alpha value is -2.70. The molecule has 0 fully saturated rings. The SMILES string of the molecule is COc1ncccc1C(=O)N[C@H](C)c1cccc(OC(F)F)c1. The number of methoxy groups -OCH3 is 1. The van der Waals surface area contributed by atoms with Gasteiger partial charge >= 0.3 is 6.61 Å². The molecule has 0 aliphatic heterocycles. The normalized spacial score (nSPS) is 11.9. The molecule has 0 bridgehead atoms. The monoisotopic (exact) mass is 322 g/mol. The van der Waals surface area contributed by atoms with Crippen molar-refractivity contribution in [3.05, 3.63) is 53.7 Å². The average molecular weight is 322 g/mol. The number of ether oxygens (including phenoxy) is 2. The second kappa shape index (κ2) is 7.53. The molecular weight excluding hydrogens is 306 g/mol. The van der Waals surface area contributed by atoms with E-state index < -0.39 is 12.7 Å². The number of hydrogen-bond acceptors (Lipinski definition) is 4. The molecule has 5 nitrogen and oxygen atoms in total. The minimum absolute atomic E-state index is 0.0394. The van der Waals surface area contributed by atoms with Crippen molar-refractivity contribution < 1.29 is 23.0 Å². The van der Waals surface area contributed by atoms with Crippen molar-refractivity contribution in [2.75, 3.05) is 7.11 Å². The maximum Gasteiger partial charge on any atom is 0.387 e. The van der Waals surface area contributed by atoms with E-state index >= 15 is 0 Å². The standard InChI is InChI=1S/C16H16F2N2O3/c1-10(11-5-3-6-12(9-11)23-16(17)18)20-14(21)13-7-4-8-19-15(13)22-2/h3-10,16H,1-2H3,(H,20,21)/t10-/m1/s1. The summed E-state index contributed by atoms with van der Waals surface area (Å²) in [5.74, 6) is -0.118. The molecule has 7 heteroatoms. The van der Waals surface area contributed by atoms with Gasteiger partial charge in [-0.3, -0.25) is 4.79 Å². The molecule has 1 amide bonds. The lowest BCUT2D eigenvalue weighted by atomic mass is 10.1. The highest BCUT2D eigenvalue weighted by Gasteiger charge is 2.16. The largest absolute Gasteiger partial charge is 0.480 e. The summed E-state index contributed by atoms with van der Waals surface area (Å²) in [6, 6.07) is 8.98. The van der Waals surface area contributed by atoms with Crippen LogP contribution in [0.1, 0.15) is 28.9 Å². The predicted molar refractivity (Wildman–Crippen MR) is 79.7 cm³/mol. The first-order valence-electron chi connectivity index (χ1n) is 6.86. The molecular formula is C16H16F2N2O3. The van der Waals surface area contributed by atoms with E-state index in [0.717, 1.165) is 0 Å². The number of amides is 1. The van der Waals surface area contributed by atoms with Gasteiger partial charge in [0.2, 0.25) is 5.88 Å². The van der Waals surface area contributed by atoms with Crippen molar-refractivity contribution in [2.24, 2.45) is 0 Å². The number of alkyl halides is 2. The minimum Gasteiger partial charge on any atom is -0.480 e. The van der Waals surface area contributed by atoms with Gasteiger partial charge in [0.15, 0.2) is 0 Å². The summed E-state index contributed by atoms with van der Waals surface area (Å²) in [6.45, 7) is -1.16. The van der Waals surface area contributed by atoms with Crippen LogP contribution in [0.15, 0.2) is 42.6 Å². The van der Waals surface area contributed by atoms with Gasteiger partial charge in [0, 0.05) is 6.20 Å². The molecule has 1 aromatic carbocycles. The van der Waals surface area contributed by atoms with Crippen molar-refractivity contribution >= 4 is 5.91 Å². The highest BCUT2D eigenvalue weighted by atomic mass is 19.3. The van der Waals surface area contributed by atoms with E-state index in [-0.39, 0.29) is 17.5 Å². The summed E-state index contributed by atoms with van der Waals surface area (Å²) in [4.78, 5) is 16.2. The molecule has 1 atom stereocenters. The van der Waals surface area contributed by atoms with Crippen LogP contribution in [0.2, 0.25) is 0 Å². The average Bonchev–Trinajstić information content (AvgIpc) is 2.54. The fourth-order valence-electron chi connectivity index (χ4n) is 2.04. The Labute approximate surface area is 132 Å². The van der Waals surface area contributed by atoms with Crippen LogP contribution in [0.5, 0.6) is 11.6 Å². The first-order chi connectivity index (χ1) is 11.0. The van der Waals surface area contributed by atoms with Crippen molar-refractivity contribution in [3.8, 4) is 11.6 Å². The van der Waals surface area contributed by atoms with Crippen LogP contribution in [0, 0.1) is 0 Å². The van der Waals surface area contributed by atoms with Crippen LogP contribution in [-0.2, 0) is 0 Å². The van der Waals surface area contributed by atoms with E-state index in [2.05, 4.69) is 15.0 Å². The van der Waals surface area contributed by atoms with Crippen LogP contribution in [0.25, 0.3) is 0 Å². The van der Waals surface area contributed by atoms with E-state index in [0.29, 0.717) is 11.1 Å². The van der Waals surface area contributed by atoms with Gasteiger partial charge in [-0.25, -0.2) is 4.98 Å². The number of aromatic nitrogens is 1. The Morgan fingerprint density at radius 1 is 1.26 bits per heavy atom. The van der Waals surface area contributed by atoms with Gasteiger partial charge in [0.25, 0.3) is 5.91 Å². The zero-order chi connectivity index (χ0) is 16.8. The molecule has 0 radical (unpaired) electrons. The minimum atomic E-state index is -2.89. The number of nitrogens with one attached hydrogen (secondary N) is 1. The lowest BCUT2D eigenvalue weighted by molar-refractivity contribution is -0.0499. The predicted octanol–water partition coefficient (Wildman–Crippen LogP) is 3.18. The summed E-state index contributed by atoms with van der Waals surface area (Å²) in [5, 5.41) is 2.77. The number of halogens is 2. The summed E-state index contributed by atoms with van der Waals surface area (Å²) < 4.78 is 33.9. The molecule has 0 saturated carbocycles. The van der Waals surface area contributed by atoms with Gasteiger partial charge in [-0.15, -0.1) is 0 Å². The third-order valence-corrected chi connectivity index (χ3v) is 3.14. The molecule has 0 aliphatic carbocycles. The fraction of sp³-hybridized carbons (Fsp3) is 0.250. The second-order valence-electron chi connectivity index (χ2n) is 4.71. The highest BCUT2D eigenvalue weighted by Crippen LogP contribution is 2.22. The highest BCUT2D eigenvalue weighted by molar-refractivity contribution is 5.96. The number of nitrogens with zero attached hydrogens (tertiary/aromatic N) is 1. The number of rotatable bonds is 6. The van der Waals surface area contributed by atoms with Crippen LogP contribution >= 0.6 is 0 Å². The maximum atomic E-state index is 12.3. The molecule has 122 valence electrons. The Kier molecular flexibility index (Phi) is 5.46. The molecule has 2 rings (SSSR count). The number of carbonyl (C=O) groups excluding carboxylic acids is 1. The van der Waals surface area contributed by atoms with Crippen LogP contribution in [0.3, 0.4) is 0 Å². The zero-order valence-electron chi connectivity index (χ0n) is 12.6. The Bertz CT molecular complexity index is 680. The Morgan fingerprint density at radius 3 is 2.74 bits per heavy atom. The van der Waals surface area contributed by atoms with Crippen LogP contribution in [-0.4, -0.2) is 24.6 Å². The quantitative estimate of drug-likeness (QED) is 0.887. The van der Waals surface area contributed by atoms with Gasteiger partial charge < -0.3 is 14.8 Å². The molecule has 0 saturated heterocycles. The van der Waals surface area contributed by atoms with Gasteiger partial charge in [-0.05, 0) is 36.8 Å². The van der Waals surface area contributed by atoms with Crippen molar-refractivity contribution in [1.29, 1.82) is 0 Å². The number of carbonyl (C=O) groups is 1. The topological polar surface area (TPSA) is 60.5 Å². The van der Waals surface area contributed by atoms with E-state index in [1.807, 2.05) is 0 Å². The lowest BCUT2D eigenvalue weighted by Crippen LogP contribution is -2.27. The number of hydrogen-bond donors (Lipinski definition) is 1. The molecule has 23 heavy (non-hydrogen) atoms. The van der Waals surface area contributed by atoms with E-state index in [1.165, 1.54) is 25.4 Å². The van der Waals surface area contributed by atoms with Gasteiger partial charge in [-0.2, -0.15) is 8.78 Å². The van der Waals surface area contributed by atoms with Crippen LogP contribution in [0.4, 0.5) is 8.78 Å². The van der Waals surface area contributed by atoms with Crippen molar-refractivity contribution in [2.45, 2.75) is 19.6 Å². The molecule has 1 heterocycles. The van der Waals surface area contributed by atoms with Crippen molar-refractivity contribution in [3.63, 3.8) is 0 Å². The van der Waals surface area contributed by atoms with Crippen molar-refractivity contribution in [1.82, 2.24) is 10.3 Å². The number of benzene rings is 1. The van der Waals surface area contributed by atoms with Crippen LogP contribution < -0.4 is 14.8 Å². The molecule has 1 N–H and O–H groups in total. The fourth-order valence-corrected chi connectivity index (χ4v) is 2.04. The Morgan fingerprint density at radius 2 is 2.04 bits per heavy atom. The summed E-state index contributed by atoms with van der Waals surface area (Å²) >= 11 is 0. The third kappa shape index (κ3) is 4.38. The lowest BCUT2D eigenvalue weighted by Gasteiger charge is -2.16. The second-order valence-corrected chi connectivity index (χ2v) is 4.71. The first kappa shape index (κ1) is 16.7. The molecule has 0 unspecified atom stereocenters. The van der Waals surface area contributed by atoms with Gasteiger partial charge in [0.1, 0.15) is 11.3 Å². The third-order valence-electron chi connectivity index (χ3n) is 3.14. The zero-order valence-corrected chi connectivity index (χ0v) is 12.6. The van der Waals surface area contributed by atoms with Gasteiger partial charge in [0.05, 0.1) is 13.2 Å². The van der Waals surface area contributed by atoms with Gasteiger partial charge in [-0.1, -0.05) is 12.1 Å².